The molecule has 0 bridgehead atoms. The summed E-state index contributed by atoms with van der Waals surface area (Å²) in [6.45, 7) is 0. The monoisotopic (exact) mass is 348 g/mol. The Bertz CT molecular complexity index is 865. The van der Waals surface area contributed by atoms with E-state index in [9.17, 15) is 10.1 Å². The number of thiophene rings is 1. The van der Waals surface area contributed by atoms with E-state index >= 15 is 0 Å². The summed E-state index contributed by atoms with van der Waals surface area (Å²) in [7, 11) is 1.74. The van der Waals surface area contributed by atoms with Crippen LogP contribution in [0.25, 0.3) is 10.7 Å². The fraction of sp³-hybridized carbons (Fsp3) is 0.308. The Kier molecular flexibility index (Phi) is 3.42. The largest absolute Gasteiger partial charge is 0.396 e. The van der Waals surface area contributed by atoms with E-state index in [4.69, 9.17) is 0 Å². The quantitative estimate of drug-likeness (QED) is 0.519. The zero-order chi connectivity index (χ0) is 16.0. The van der Waals surface area contributed by atoms with Gasteiger partial charge in [0.2, 0.25) is 6.33 Å². The standard InChI is InChI=1S/C13H12N6O2S2/c1-17-7-14-11(19(20)21)12(17)23-13-16-15-10(9-3-2-6-22-9)18(13)8-4-5-8/h2-3,6-8H,4-5H2,1H3. The molecule has 3 heterocycles. The van der Waals surface area contributed by atoms with E-state index in [1.807, 2.05) is 17.5 Å². The van der Waals surface area contributed by atoms with Gasteiger partial charge in [0, 0.05) is 13.1 Å². The minimum atomic E-state index is -0.472. The lowest BCUT2D eigenvalue weighted by molar-refractivity contribution is -0.392. The molecule has 1 aliphatic rings. The lowest BCUT2D eigenvalue weighted by atomic mass is 10.4. The third kappa shape index (κ3) is 2.53. The van der Waals surface area contributed by atoms with Gasteiger partial charge in [-0.15, -0.1) is 21.5 Å². The second kappa shape index (κ2) is 5.46. The molecule has 3 aromatic rings. The van der Waals surface area contributed by atoms with Crippen LogP contribution in [0.3, 0.4) is 0 Å². The van der Waals surface area contributed by atoms with Crippen LogP contribution in [0.15, 0.2) is 34.0 Å². The van der Waals surface area contributed by atoms with Crippen molar-refractivity contribution in [3.05, 3.63) is 34.0 Å². The second-order valence-electron chi connectivity index (χ2n) is 5.23. The Morgan fingerprint density at radius 3 is 2.91 bits per heavy atom. The van der Waals surface area contributed by atoms with E-state index in [0.717, 1.165) is 23.5 Å². The molecule has 0 saturated heterocycles. The summed E-state index contributed by atoms with van der Waals surface area (Å²) >= 11 is 2.85. The third-order valence-electron chi connectivity index (χ3n) is 3.54. The molecule has 0 aliphatic heterocycles. The Balaban J connectivity index is 1.76. The van der Waals surface area contributed by atoms with Crippen molar-refractivity contribution in [1.29, 1.82) is 0 Å². The maximum atomic E-state index is 11.1. The van der Waals surface area contributed by atoms with Crippen molar-refractivity contribution in [3.63, 3.8) is 0 Å². The van der Waals surface area contributed by atoms with E-state index in [2.05, 4.69) is 19.7 Å². The first-order valence-electron chi connectivity index (χ1n) is 6.97. The van der Waals surface area contributed by atoms with E-state index in [-0.39, 0.29) is 5.82 Å². The molecule has 10 heteroatoms. The van der Waals surface area contributed by atoms with Gasteiger partial charge in [0.15, 0.2) is 16.0 Å². The van der Waals surface area contributed by atoms with Crippen molar-refractivity contribution in [3.8, 4) is 10.7 Å². The normalized spacial score (nSPS) is 14.3. The van der Waals surface area contributed by atoms with Gasteiger partial charge in [0.05, 0.1) is 4.88 Å². The summed E-state index contributed by atoms with van der Waals surface area (Å²) in [6.07, 6.45) is 3.60. The molecule has 8 nitrogen and oxygen atoms in total. The van der Waals surface area contributed by atoms with E-state index < -0.39 is 4.92 Å². The van der Waals surface area contributed by atoms with Crippen LogP contribution in [0.2, 0.25) is 0 Å². The molecule has 1 saturated carbocycles. The lowest BCUT2D eigenvalue weighted by Gasteiger charge is -2.07. The van der Waals surface area contributed by atoms with Crippen LogP contribution in [-0.4, -0.2) is 29.2 Å². The van der Waals surface area contributed by atoms with Crippen molar-refractivity contribution < 1.29 is 4.92 Å². The highest BCUT2D eigenvalue weighted by molar-refractivity contribution is 7.99. The number of nitro groups is 1. The molecule has 0 atom stereocenters. The fourth-order valence-corrected chi connectivity index (χ4v) is 4.02. The smallest absolute Gasteiger partial charge is 0.358 e. The van der Waals surface area contributed by atoms with Gasteiger partial charge in [0.1, 0.15) is 0 Å². The minimum absolute atomic E-state index is 0.152. The van der Waals surface area contributed by atoms with Crippen molar-refractivity contribution in [2.24, 2.45) is 7.05 Å². The number of nitrogens with zero attached hydrogens (tertiary/aromatic N) is 6. The number of aromatic nitrogens is 5. The third-order valence-corrected chi connectivity index (χ3v) is 5.53. The molecule has 0 spiro atoms. The van der Waals surface area contributed by atoms with Gasteiger partial charge in [-0.25, -0.2) is 0 Å². The molecule has 23 heavy (non-hydrogen) atoms. The number of hydrogen-bond acceptors (Lipinski definition) is 7. The minimum Gasteiger partial charge on any atom is -0.358 e. The van der Waals surface area contributed by atoms with Gasteiger partial charge >= 0.3 is 5.82 Å². The summed E-state index contributed by atoms with van der Waals surface area (Å²) in [5.41, 5.74) is 0. The first-order chi connectivity index (χ1) is 11.1. The summed E-state index contributed by atoms with van der Waals surface area (Å²) in [5.74, 6) is 0.676. The molecule has 0 amide bonds. The van der Waals surface area contributed by atoms with Crippen molar-refractivity contribution in [2.45, 2.75) is 29.1 Å². The van der Waals surface area contributed by atoms with Crippen LogP contribution in [0, 0.1) is 10.1 Å². The zero-order valence-electron chi connectivity index (χ0n) is 12.1. The molecule has 3 aromatic heterocycles. The Morgan fingerprint density at radius 2 is 2.26 bits per heavy atom. The first kappa shape index (κ1) is 14.4. The molecule has 4 rings (SSSR count). The van der Waals surface area contributed by atoms with Gasteiger partial charge in [0.25, 0.3) is 0 Å². The predicted octanol–water partition coefficient (Wildman–Crippen LogP) is 3.13. The second-order valence-corrected chi connectivity index (χ2v) is 7.13. The van der Waals surface area contributed by atoms with E-state index in [0.29, 0.717) is 16.2 Å². The molecule has 0 radical (unpaired) electrons. The number of aryl methyl sites for hydroxylation is 1. The Labute approximate surface area is 139 Å². The van der Waals surface area contributed by atoms with Crippen molar-refractivity contribution in [2.75, 3.05) is 0 Å². The Morgan fingerprint density at radius 1 is 1.43 bits per heavy atom. The van der Waals surface area contributed by atoms with Crippen LogP contribution in [0.4, 0.5) is 5.82 Å². The molecular weight excluding hydrogens is 336 g/mol. The SMILES string of the molecule is Cn1cnc([N+](=O)[O-])c1Sc1nnc(-c2cccs2)n1C1CC1. The highest BCUT2D eigenvalue weighted by Gasteiger charge is 2.32. The molecule has 118 valence electrons. The number of imidazole rings is 1. The molecule has 0 aromatic carbocycles. The van der Waals surface area contributed by atoms with Crippen LogP contribution in [0.5, 0.6) is 0 Å². The summed E-state index contributed by atoms with van der Waals surface area (Å²) in [6, 6.07) is 4.36. The fourth-order valence-electron chi connectivity index (χ4n) is 2.32. The van der Waals surface area contributed by atoms with Gasteiger partial charge in [-0.1, -0.05) is 6.07 Å². The molecular formula is C13H12N6O2S2. The van der Waals surface area contributed by atoms with Gasteiger partial charge in [-0.05, 0) is 46.0 Å². The van der Waals surface area contributed by atoms with E-state index in [1.54, 1.807) is 23.0 Å². The molecule has 0 N–H and O–H groups in total. The maximum absolute atomic E-state index is 11.1. The van der Waals surface area contributed by atoms with Crippen LogP contribution in [-0.2, 0) is 7.05 Å². The van der Waals surface area contributed by atoms with E-state index in [1.165, 1.54) is 18.1 Å². The highest BCUT2D eigenvalue weighted by Crippen LogP contribution is 2.43. The zero-order valence-corrected chi connectivity index (χ0v) is 13.8. The summed E-state index contributed by atoms with van der Waals surface area (Å²) in [5, 5.41) is 22.8. The molecule has 1 fully saturated rings. The Hall–Kier alpha value is -2.20. The van der Waals surface area contributed by atoms with Crippen LogP contribution < -0.4 is 0 Å². The molecule has 0 unspecified atom stereocenters. The van der Waals surface area contributed by atoms with Gasteiger partial charge in [-0.3, -0.25) is 4.57 Å². The van der Waals surface area contributed by atoms with Crippen molar-refractivity contribution >= 4 is 28.9 Å². The predicted molar refractivity (Wildman–Crippen MR) is 85.6 cm³/mol. The average molecular weight is 348 g/mol. The van der Waals surface area contributed by atoms with Gasteiger partial charge in [-0.2, -0.15) is 0 Å². The molecule has 1 aliphatic carbocycles. The maximum Gasteiger partial charge on any atom is 0.396 e. The highest BCUT2D eigenvalue weighted by atomic mass is 32.2. The summed E-state index contributed by atoms with van der Waals surface area (Å²) < 4.78 is 3.73. The van der Waals surface area contributed by atoms with Gasteiger partial charge < -0.3 is 14.7 Å². The number of hydrogen-bond donors (Lipinski definition) is 0. The summed E-state index contributed by atoms with van der Waals surface area (Å²) in [4.78, 5) is 15.5. The van der Waals surface area contributed by atoms with Crippen LogP contribution in [0.1, 0.15) is 18.9 Å². The lowest BCUT2D eigenvalue weighted by Crippen LogP contribution is -2.00. The first-order valence-corrected chi connectivity index (χ1v) is 8.67. The van der Waals surface area contributed by atoms with Crippen LogP contribution >= 0.6 is 23.1 Å². The van der Waals surface area contributed by atoms with Crippen molar-refractivity contribution in [1.82, 2.24) is 24.3 Å². The topological polar surface area (TPSA) is 91.7 Å². The average Bonchev–Trinajstić information content (AvgIpc) is 2.94. The number of rotatable bonds is 5.